The van der Waals surface area contributed by atoms with Gasteiger partial charge in [-0.1, -0.05) is 171 Å². The van der Waals surface area contributed by atoms with Gasteiger partial charge in [-0.15, -0.1) is 0 Å². The topological polar surface area (TPSA) is 487 Å². The van der Waals surface area contributed by atoms with E-state index in [1.165, 1.54) is 13.8 Å². The van der Waals surface area contributed by atoms with Crippen molar-refractivity contribution in [2.45, 2.75) is 262 Å². The molecule has 0 bridgehead atoms. The number of nitrogens with one attached hydrogen (secondary N) is 3. The fourth-order valence-electron chi connectivity index (χ4n) is 7.02. The van der Waals surface area contributed by atoms with Gasteiger partial charge < -0.3 is 62.8 Å². The van der Waals surface area contributed by atoms with E-state index in [-0.39, 0.29) is 96.1 Å². The highest BCUT2D eigenvalue weighted by Crippen LogP contribution is 2.52. The maximum absolute atomic E-state index is 12.6. The Morgan fingerprint density at radius 2 is 0.789 bits per heavy atom. The summed E-state index contributed by atoms with van der Waals surface area (Å²) in [5.74, 6) is 5.95. The van der Waals surface area contributed by atoms with Crippen molar-refractivity contribution in [3.8, 4) is 6.19 Å². The van der Waals surface area contributed by atoms with Crippen LogP contribution in [0.25, 0.3) is 0 Å². The molecule has 8 atom stereocenters. The highest BCUT2D eigenvalue weighted by atomic mass is 32.2. The average molecular weight is 2020 g/mol. The molecule has 128 heavy (non-hydrogen) atoms. The van der Waals surface area contributed by atoms with E-state index in [0.717, 1.165) is 32.3 Å². The monoisotopic (exact) mass is 2020 g/mol. The maximum atomic E-state index is 12.6. The molecule has 0 rings (SSSR count). The fraction of sp³-hybridized carbons (Fsp3) is 0.939. The van der Waals surface area contributed by atoms with Gasteiger partial charge in [0.15, 0.2) is 32.4 Å². The third-order valence-corrected chi connectivity index (χ3v) is 22.8. The Hall–Kier alpha value is -1.71. The standard InChI is InChI=1S/C13H27O5P.C10H23O5P.C9H21O5P.C8H17NOS.C8H19O4P.C7H14N4.C7H16N2.C7H17O4P.C6H15O4P.C5H13O3P.2CH4/c1-10(2)7-17-19(15,9-16-6)8-12(5)13(14)18-11(3)4;1-6-13-16(11,14-7-2)15-10(5)12-8-9(3)4;1-5-12-15(10,13-6-2)14-8-11-7-9(3)4;1-7(2)5-8(10)6-11(4)9-3;1-5-10-13(9,11-6-2)12-7-8(3)4;1-6(2)4-10-7(9-3)11-5-8;1-6(2)5-9-7(3)8-4;1-6(2)5-10-7(3)11-12(4,8)9;1-6(2)4-9-5-10-11(3,7)8;1-5(2)4-8-9(3,6)7;;/h10-12H,7-9H2,1-6H3;9-10H,6-8H2,1-5H3;9H,5-8H2,1-4H3;7H,5-6H2,1-4H3;8H,5-7H2,1-4H3;6H,4H2,1-3H3,(H2,9,10,11);6H,5H2,1-4H3,(H,8,9);6-7H,5H2,1-4H3,(H,8,9);6H,4-5H2,1-3H3,(H,7,8);5H,4H2,1-3H3,(H,6,7);2*1H4/t12-,19?;;;;;;;;;;;/m1.........../s1. The number of esters is 1. The van der Waals surface area contributed by atoms with Crippen LogP contribution < -0.4 is 16.0 Å². The van der Waals surface area contributed by atoms with Crippen LogP contribution in [0.5, 0.6) is 0 Å². The quantitative estimate of drug-likeness (QED) is 0.00481. The van der Waals surface area contributed by atoms with Crippen LogP contribution in [0, 0.1) is 76.6 Å². The van der Waals surface area contributed by atoms with Crippen molar-refractivity contribution < 1.29 is 143 Å². The molecule has 46 heteroatoms. The average Bonchev–Trinajstić information content (AvgIpc) is 0.868. The second-order valence-electron chi connectivity index (χ2n) is 32.2. The lowest BCUT2D eigenvalue weighted by Crippen LogP contribution is -2.36. The number of aliphatic imine (C=N–C) groups is 2. The summed E-state index contributed by atoms with van der Waals surface area (Å²) in [5.41, 5.74) is 0. The number of ether oxygens (including phenoxy) is 6. The van der Waals surface area contributed by atoms with Gasteiger partial charge in [-0.25, -0.2) is 13.7 Å². The predicted octanol–water partition coefficient (Wildman–Crippen LogP) is 21.2. The van der Waals surface area contributed by atoms with E-state index >= 15 is 0 Å². The lowest BCUT2D eigenvalue weighted by molar-refractivity contribution is -0.151. The minimum atomic E-state index is -3.46. The van der Waals surface area contributed by atoms with Crippen molar-refractivity contribution in [1.82, 2.24) is 16.0 Å². The molecule has 0 aliphatic rings. The number of nitrogens with zero attached hydrogens (tertiary/aromatic N) is 4. The number of carbonyl (C=O) groups excluding carboxylic acids is 2. The van der Waals surface area contributed by atoms with Crippen molar-refractivity contribution in [3.63, 3.8) is 0 Å². The number of hydrogen-bond acceptors (Lipinski definition) is 32. The van der Waals surface area contributed by atoms with Crippen LogP contribution in [0.1, 0.15) is 243 Å². The second-order valence-corrected chi connectivity index (χ2v) is 47.1. The number of guanidine groups is 1. The van der Waals surface area contributed by atoms with Gasteiger partial charge in [0.25, 0.3) is 0 Å². The zero-order chi connectivity index (χ0) is 101. The third-order valence-electron chi connectivity index (χ3n) is 12.2. The number of hydrogen-bond donors (Lipinski definition) is 6. The van der Waals surface area contributed by atoms with E-state index in [1.54, 1.807) is 103 Å². The first-order valence-corrected chi connectivity index (χ1v) is 57.1. The van der Waals surface area contributed by atoms with E-state index in [2.05, 4.69) is 85.4 Å². The summed E-state index contributed by atoms with van der Waals surface area (Å²) in [6, 6.07) is 0. The zero-order valence-corrected chi connectivity index (χ0v) is 92.1. The minimum Gasteiger partial charge on any atom is -0.463 e. The third kappa shape index (κ3) is 131. The molecule has 0 saturated heterocycles. The molecule has 780 valence electrons. The van der Waals surface area contributed by atoms with Crippen molar-refractivity contribution in [2.24, 2.45) is 79.4 Å². The highest BCUT2D eigenvalue weighted by Gasteiger charge is 2.32. The Labute approximate surface area is 781 Å². The molecule has 0 heterocycles. The van der Waals surface area contributed by atoms with E-state index < -0.39 is 72.1 Å². The summed E-state index contributed by atoms with van der Waals surface area (Å²) in [4.78, 5) is 56.7. The van der Waals surface area contributed by atoms with Gasteiger partial charge in [-0.05, 0) is 142 Å². The smallest absolute Gasteiger partial charge is 0.463 e. The number of amidine groups is 1. The number of ketones is 1. The SMILES string of the molecule is C.C.CC(C)COC(C)OP(C)(=O)O.CC(C)COCOP(C)(=O)O.CC(C)COP(C)(=O)O.CCOP(=O)(OCC)OC(C)OCC(C)C.CCOP(=O)(OCC)OCC(C)C.CCOP(=O)(OCC)OCOCC(C)C.CN=C(C)NCC(C)C.CN=C(NC#N)NCC(C)C.CN=S(C)CC(=O)CC(C)C.COCP(=O)(C[C@@H](C)C(=O)OC(C)C)OCC(C)C. The first-order valence-electron chi connectivity index (χ1n) is 42.9. The van der Waals surface area contributed by atoms with Crippen molar-refractivity contribution in [2.75, 3.05) is 185 Å². The first-order chi connectivity index (χ1) is 57.8. The number of methoxy groups -OCH3 is 1. The Balaban J connectivity index is -0.000000118. The Morgan fingerprint density at radius 1 is 0.438 bits per heavy atom. The van der Waals surface area contributed by atoms with Crippen LogP contribution in [0.2, 0.25) is 0 Å². The lowest BCUT2D eigenvalue weighted by Gasteiger charge is -2.22. The van der Waals surface area contributed by atoms with Crippen molar-refractivity contribution >= 4 is 87.9 Å². The minimum absolute atomic E-state index is 0. The molecule has 38 nitrogen and oxygen atoms in total. The van der Waals surface area contributed by atoms with Gasteiger partial charge in [0, 0.05) is 73.9 Å². The molecule has 0 spiro atoms. The van der Waals surface area contributed by atoms with Crippen LogP contribution in [0.15, 0.2) is 14.3 Å². The number of rotatable bonds is 55. The van der Waals surface area contributed by atoms with E-state index in [0.29, 0.717) is 137 Å². The van der Waals surface area contributed by atoms with Gasteiger partial charge in [0.1, 0.15) is 12.1 Å². The molecule has 0 aromatic heterocycles. The van der Waals surface area contributed by atoms with Crippen LogP contribution in [0.3, 0.4) is 0 Å². The Morgan fingerprint density at radius 3 is 1.09 bits per heavy atom. The second kappa shape index (κ2) is 93.0. The molecule has 0 saturated carbocycles. The molecule has 0 aliphatic carbocycles. The van der Waals surface area contributed by atoms with E-state index in [4.69, 9.17) is 93.6 Å². The number of nitriles is 1. The number of carbonyl (C=O) groups is 2. The van der Waals surface area contributed by atoms with Crippen molar-refractivity contribution in [1.29, 1.82) is 5.26 Å². The molecule has 0 radical (unpaired) electrons. The maximum Gasteiger partial charge on any atom is 0.477 e. The van der Waals surface area contributed by atoms with Crippen LogP contribution in [0.4, 0.5) is 0 Å². The molecule has 7 unspecified atom stereocenters. The van der Waals surface area contributed by atoms with Crippen LogP contribution in [-0.2, 0) is 139 Å². The number of phosphoric acid groups is 3. The molecule has 0 aliphatic heterocycles. The predicted molar refractivity (Wildman–Crippen MR) is 524 cm³/mol. The molecule has 0 amide bonds. The van der Waals surface area contributed by atoms with Gasteiger partial charge >= 0.3 is 52.2 Å². The first kappa shape index (κ1) is 152. The molecule has 0 aromatic rings. The van der Waals surface area contributed by atoms with Gasteiger partial charge in [0.05, 0.1) is 109 Å². The largest absolute Gasteiger partial charge is 0.477 e. The van der Waals surface area contributed by atoms with Gasteiger partial charge in [0.2, 0.25) is 13.3 Å². The van der Waals surface area contributed by atoms with Crippen molar-refractivity contribution in [3.05, 3.63) is 0 Å². The summed E-state index contributed by atoms with van der Waals surface area (Å²) in [6.07, 6.45) is 3.28. The summed E-state index contributed by atoms with van der Waals surface area (Å²) in [6.45, 7) is 71.6. The summed E-state index contributed by atoms with van der Waals surface area (Å²) < 4.78 is 178. The summed E-state index contributed by atoms with van der Waals surface area (Å²) in [7, 11) is -16.4. The zero-order valence-electron chi connectivity index (χ0n) is 85.0. The normalized spacial score (nSPS) is 14.4. The molecular weight excluding hydrogens is 1830 g/mol. The van der Waals surface area contributed by atoms with Crippen LogP contribution in [-0.4, -0.2) is 242 Å². The van der Waals surface area contributed by atoms with Gasteiger partial charge in [-0.3, -0.25) is 97.3 Å². The number of phosphoric ester groups is 3. The van der Waals surface area contributed by atoms with Gasteiger partial charge in [-0.2, -0.15) is 5.26 Å². The summed E-state index contributed by atoms with van der Waals surface area (Å²) >= 11 is 0. The Kier molecular flexibility index (Phi) is 110. The van der Waals surface area contributed by atoms with E-state index in [9.17, 15) is 41.5 Å². The summed E-state index contributed by atoms with van der Waals surface area (Å²) in [5, 5.41) is 16.9. The molecule has 6 N–H and O–H groups in total. The Bertz CT molecular complexity index is 3040. The highest BCUT2D eigenvalue weighted by molar-refractivity contribution is 7.87. The molecule has 0 aromatic carbocycles. The fourth-order valence-corrected chi connectivity index (χ4v) is 15.1. The van der Waals surface area contributed by atoms with E-state index in [1.807, 2.05) is 110 Å². The number of Topliss-reactive ketones (excluding diaryl/α,β-unsaturated/α-hetero) is 1. The lowest BCUT2D eigenvalue weighted by atomic mass is 10.1. The molecule has 0 fully saturated rings. The molecular formula is C82H190N7O31P7S. The van der Waals surface area contributed by atoms with Crippen LogP contribution >= 0.6 is 53.6 Å².